The van der Waals surface area contributed by atoms with Crippen LogP contribution in [0.2, 0.25) is 0 Å². The molecule has 1 fully saturated rings. The fraction of sp³-hybridized carbons (Fsp3) is 0.727. The van der Waals surface area contributed by atoms with Gasteiger partial charge >= 0.3 is 0 Å². The van der Waals surface area contributed by atoms with Crippen LogP contribution in [0.5, 0.6) is 0 Å². The first-order valence-corrected chi connectivity index (χ1v) is 7.68. The molecule has 0 atom stereocenters. The normalized spacial score (nSPS) is 19.6. The van der Waals surface area contributed by atoms with Crippen LogP contribution in [-0.2, 0) is 16.6 Å². The molecule has 1 saturated heterocycles. The van der Waals surface area contributed by atoms with Gasteiger partial charge in [-0.2, -0.15) is 5.10 Å². The largest absolute Gasteiger partial charge is 0.272 e. The molecule has 2 rings (SSSR count). The summed E-state index contributed by atoms with van der Waals surface area (Å²) in [6, 6.07) is 1.91. The molecule has 1 aliphatic heterocycles. The van der Waals surface area contributed by atoms with E-state index in [4.69, 9.17) is 0 Å². The van der Waals surface area contributed by atoms with Crippen molar-refractivity contribution in [3.8, 4) is 0 Å². The average Bonchev–Trinajstić information content (AvgIpc) is 2.83. The van der Waals surface area contributed by atoms with Crippen molar-refractivity contribution in [1.29, 1.82) is 0 Å². The van der Waals surface area contributed by atoms with Gasteiger partial charge in [-0.3, -0.25) is 4.68 Å². The quantitative estimate of drug-likeness (QED) is 0.807. The summed E-state index contributed by atoms with van der Waals surface area (Å²) >= 11 is 0. The highest BCUT2D eigenvalue weighted by atomic mass is 32.2. The minimum absolute atomic E-state index is 0.205. The summed E-state index contributed by atoms with van der Waals surface area (Å²) in [5.41, 5.74) is 0. The molecule has 0 radical (unpaired) electrons. The molecule has 5 nitrogen and oxygen atoms in total. The molecule has 1 aromatic rings. The van der Waals surface area contributed by atoms with Crippen LogP contribution in [0, 0.1) is 5.92 Å². The van der Waals surface area contributed by atoms with E-state index in [0.29, 0.717) is 19.0 Å². The van der Waals surface area contributed by atoms with Crippen molar-refractivity contribution < 1.29 is 8.42 Å². The van der Waals surface area contributed by atoms with Gasteiger partial charge in [0, 0.05) is 32.0 Å². The van der Waals surface area contributed by atoms with Crippen molar-refractivity contribution in [2.24, 2.45) is 5.92 Å². The first kappa shape index (κ1) is 12.6. The van der Waals surface area contributed by atoms with E-state index in [2.05, 4.69) is 5.10 Å². The van der Waals surface area contributed by atoms with Crippen molar-refractivity contribution in [2.45, 2.75) is 26.3 Å². The summed E-state index contributed by atoms with van der Waals surface area (Å²) in [4.78, 5) is 0. The van der Waals surface area contributed by atoms with Gasteiger partial charge in [0.1, 0.15) is 0 Å². The second-order valence-corrected chi connectivity index (χ2v) is 6.73. The summed E-state index contributed by atoms with van der Waals surface area (Å²) in [6.07, 6.45) is 5.59. The fourth-order valence-electron chi connectivity index (χ4n) is 2.23. The Morgan fingerprint density at radius 3 is 2.59 bits per heavy atom. The molecule has 6 heteroatoms. The van der Waals surface area contributed by atoms with Crippen LogP contribution in [0.3, 0.4) is 0 Å². The first-order chi connectivity index (χ1) is 8.12. The average molecular weight is 257 g/mol. The number of hydrogen-bond donors (Lipinski definition) is 0. The Labute approximate surface area is 102 Å². The second kappa shape index (κ2) is 5.18. The lowest BCUT2D eigenvalue weighted by Crippen LogP contribution is -2.40. The minimum atomic E-state index is -3.00. The first-order valence-electron chi connectivity index (χ1n) is 6.07. The van der Waals surface area contributed by atoms with Crippen molar-refractivity contribution in [1.82, 2.24) is 14.1 Å². The van der Waals surface area contributed by atoms with E-state index < -0.39 is 10.0 Å². The maximum Gasteiger partial charge on any atom is 0.213 e. The third kappa shape index (κ3) is 3.07. The minimum Gasteiger partial charge on any atom is -0.272 e. The molecule has 0 unspecified atom stereocenters. The van der Waals surface area contributed by atoms with E-state index in [1.165, 1.54) is 0 Å². The van der Waals surface area contributed by atoms with Gasteiger partial charge in [0.05, 0.1) is 5.75 Å². The smallest absolute Gasteiger partial charge is 0.213 e. The number of nitrogens with zero attached hydrogens (tertiary/aromatic N) is 3. The third-order valence-corrected chi connectivity index (χ3v) is 5.22. The van der Waals surface area contributed by atoms with Crippen LogP contribution in [0.25, 0.3) is 0 Å². The summed E-state index contributed by atoms with van der Waals surface area (Å²) in [5, 5.41) is 4.18. The maximum atomic E-state index is 11.7. The summed E-state index contributed by atoms with van der Waals surface area (Å²) in [5.74, 6) is 0.745. The summed E-state index contributed by atoms with van der Waals surface area (Å²) in [6.45, 7) is 3.91. The molecule has 0 spiro atoms. The molecular formula is C11H19N3O2S. The Kier molecular flexibility index (Phi) is 3.83. The highest BCUT2D eigenvalue weighted by Gasteiger charge is 2.26. The summed E-state index contributed by atoms with van der Waals surface area (Å²) in [7, 11) is -3.00. The van der Waals surface area contributed by atoms with Crippen LogP contribution in [-0.4, -0.2) is 41.3 Å². The Hall–Kier alpha value is -0.880. The predicted molar refractivity (Wildman–Crippen MR) is 66.0 cm³/mol. The van der Waals surface area contributed by atoms with E-state index in [9.17, 15) is 8.42 Å². The van der Waals surface area contributed by atoms with E-state index >= 15 is 0 Å². The van der Waals surface area contributed by atoms with Gasteiger partial charge in [0.2, 0.25) is 10.0 Å². The third-order valence-electron chi connectivity index (χ3n) is 3.34. The van der Waals surface area contributed by atoms with Crippen molar-refractivity contribution in [3.63, 3.8) is 0 Å². The van der Waals surface area contributed by atoms with Gasteiger partial charge in [0.25, 0.3) is 0 Å². The molecule has 1 aromatic heterocycles. The number of rotatable bonds is 4. The zero-order chi connectivity index (χ0) is 12.3. The Balaban J connectivity index is 1.86. The van der Waals surface area contributed by atoms with Gasteiger partial charge in [-0.25, -0.2) is 12.7 Å². The van der Waals surface area contributed by atoms with Crippen LogP contribution < -0.4 is 0 Å². The number of piperidine rings is 1. The van der Waals surface area contributed by atoms with E-state index in [1.54, 1.807) is 17.4 Å². The molecule has 2 heterocycles. The van der Waals surface area contributed by atoms with Crippen molar-refractivity contribution >= 4 is 10.0 Å². The fourth-order valence-corrected chi connectivity index (χ4v) is 3.36. The second-order valence-electron chi connectivity index (χ2n) is 4.47. The van der Waals surface area contributed by atoms with Gasteiger partial charge < -0.3 is 0 Å². The molecule has 17 heavy (non-hydrogen) atoms. The van der Waals surface area contributed by atoms with Gasteiger partial charge in [0.15, 0.2) is 0 Å². The number of aromatic nitrogens is 2. The van der Waals surface area contributed by atoms with Crippen molar-refractivity contribution in [3.05, 3.63) is 18.5 Å². The predicted octanol–water partition coefficient (Wildman–Crippen LogP) is 0.945. The Morgan fingerprint density at radius 1 is 1.35 bits per heavy atom. The molecule has 1 aliphatic rings. The summed E-state index contributed by atoms with van der Waals surface area (Å²) < 4.78 is 26.9. The maximum absolute atomic E-state index is 11.7. The molecule has 0 aliphatic carbocycles. The van der Waals surface area contributed by atoms with Gasteiger partial charge in [-0.05, 0) is 31.7 Å². The molecule has 0 N–H and O–H groups in total. The lowest BCUT2D eigenvalue weighted by molar-refractivity contribution is 0.247. The van der Waals surface area contributed by atoms with E-state index in [1.807, 2.05) is 16.9 Å². The lowest BCUT2D eigenvalue weighted by Gasteiger charge is -2.30. The molecule has 0 saturated carbocycles. The zero-order valence-electron chi connectivity index (χ0n) is 10.1. The Morgan fingerprint density at radius 2 is 2.06 bits per heavy atom. The highest BCUT2D eigenvalue weighted by molar-refractivity contribution is 7.89. The standard InChI is InChI=1S/C11H19N3O2S/c1-2-17(15,16)14-8-4-11(5-9-14)10-13-7-3-6-12-13/h3,6-7,11H,2,4-5,8-10H2,1H3. The molecular weight excluding hydrogens is 238 g/mol. The van der Waals surface area contributed by atoms with Crippen LogP contribution in [0.15, 0.2) is 18.5 Å². The van der Waals surface area contributed by atoms with E-state index in [-0.39, 0.29) is 5.75 Å². The van der Waals surface area contributed by atoms with Crippen molar-refractivity contribution in [2.75, 3.05) is 18.8 Å². The highest BCUT2D eigenvalue weighted by Crippen LogP contribution is 2.21. The van der Waals surface area contributed by atoms with E-state index in [0.717, 1.165) is 19.4 Å². The Bertz CT molecular complexity index is 433. The number of sulfonamides is 1. The molecule has 0 aromatic carbocycles. The van der Waals surface area contributed by atoms with Crippen LogP contribution >= 0.6 is 0 Å². The number of hydrogen-bond acceptors (Lipinski definition) is 3. The van der Waals surface area contributed by atoms with Gasteiger partial charge in [-0.15, -0.1) is 0 Å². The molecule has 0 amide bonds. The molecule has 96 valence electrons. The zero-order valence-corrected chi connectivity index (χ0v) is 10.9. The lowest BCUT2D eigenvalue weighted by atomic mass is 9.98. The van der Waals surface area contributed by atoms with Crippen LogP contribution in [0.4, 0.5) is 0 Å². The molecule has 0 bridgehead atoms. The monoisotopic (exact) mass is 257 g/mol. The van der Waals surface area contributed by atoms with Crippen LogP contribution in [0.1, 0.15) is 19.8 Å². The van der Waals surface area contributed by atoms with Gasteiger partial charge in [-0.1, -0.05) is 0 Å². The topological polar surface area (TPSA) is 55.2 Å². The SMILES string of the molecule is CCS(=O)(=O)N1CCC(Cn2cccn2)CC1.